The molecule has 7 heteroatoms. The van der Waals surface area contributed by atoms with E-state index in [4.69, 9.17) is 0 Å². The van der Waals surface area contributed by atoms with Gasteiger partial charge in [0.1, 0.15) is 0 Å². The van der Waals surface area contributed by atoms with Crippen molar-refractivity contribution in [3.63, 3.8) is 0 Å². The number of hydrogen-bond acceptors (Lipinski definition) is 1. The lowest BCUT2D eigenvalue weighted by Crippen LogP contribution is -2.42. The van der Waals surface area contributed by atoms with Gasteiger partial charge in [0.05, 0.1) is 11.8 Å². The Bertz CT molecular complexity index is 884. The van der Waals surface area contributed by atoms with Crippen LogP contribution in [-0.4, -0.2) is 36.4 Å². The maximum absolute atomic E-state index is 13.7. The van der Waals surface area contributed by atoms with Gasteiger partial charge in [-0.2, -0.15) is 26.3 Å². The summed E-state index contributed by atoms with van der Waals surface area (Å²) in [4.78, 5) is 2.45. The largest absolute Gasteiger partial charge is 0.392 e. The summed E-state index contributed by atoms with van der Waals surface area (Å²) in [6, 6.07) is 17.0. The molecule has 2 aromatic rings. The third kappa shape index (κ3) is 7.74. The quantitative estimate of drug-likeness (QED) is 0.288. The van der Waals surface area contributed by atoms with Crippen molar-refractivity contribution >= 4 is 0 Å². The fraction of sp³-hybridized carbons (Fsp3) is 0.586. The summed E-state index contributed by atoms with van der Waals surface area (Å²) in [5.74, 6) is -5.50. The van der Waals surface area contributed by atoms with Crippen LogP contribution in [0.5, 0.6) is 0 Å². The summed E-state index contributed by atoms with van der Waals surface area (Å²) < 4.78 is 82.0. The molecule has 1 nitrogen and oxygen atoms in total. The number of aryl methyl sites for hydroxylation is 1. The van der Waals surface area contributed by atoms with Gasteiger partial charge in [0.25, 0.3) is 0 Å². The topological polar surface area (TPSA) is 3.24 Å². The first-order valence-corrected chi connectivity index (χ1v) is 13.0. The molecule has 0 spiro atoms. The Balaban J connectivity index is 1.66. The zero-order valence-corrected chi connectivity index (χ0v) is 21.1. The Morgan fingerprint density at radius 1 is 0.778 bits per heavy atom. The molecule has 1 aliphatic carbocycles. The van der Waals surface area contributed by atoms with Crippen molar-refractivity contribution in [2.75, 3.05) is 13.1 Å². The minimum atomic E-state index is -4.65. The van der Waals surface area contributed by atoms with Gasteiger partial charge in [0.2, 0.25) is 0 Å². The van der Waals surface area contributed by atoms with Crippen LogP contribution >= 0.6 is 0 Å². The van der Waals surface area contributed by atoms with Gasteiger partial charge >= 0.3 is 12.4 Å². The fourth-order valence-corrected chi connectivity index (χ4v) is 5.62. The van der Waals surface area contributed by atoms with Crippen molar-refractivity contribution in [3.8, 4) is 0 Å². The van der Waals surface area contributed by atoms with Crippen molar-refractivity contribution in [3.05, 3.63) is 71.3 Å². The van der Waals surface area contributed by atoms with Crippen LogP contribution in [0.25, 0.3) is 0 Å². The molecule has 0 bridgehead atoms. The van der Waals surface area contributed by atoms with Gasteiger partial charge < -0.3 is 4.90 Å². The lowest BCUT2D eigenvalue weighted by molar-refractivity contribution is -0.231. The molecule has 0 aliphatic heterocycles. The number of nitrogens with zero attached hydrogens (tertiary/aromatic N) is 1. The van der Waals surface area contributed by atoms with Crippen LogP contribution in [0.1, 0.15) is 68.6 Å². The number of halogens is 6. The normalized spacial score (nSPS) is 22.1. The molecule has 3 unspecified atom stereocenters. The van der Waals surface area contributed by atoms with Gasteiger partial charge in [0, 0.05) is 18.5 Å². The lowest BCUT2D eigenvalue weighted by Gasteiger charge is -2.40. The fourth-order valence-electron chi connectivity index (χ4n) is 5.62. The highest BCUT2D eigenvalue weighted by Gasteiger charge is 2.56. The zero-order chi connectivity index (χ0) is 26.3. The molecule has 1 aliphatic rings. The van der Waals surface area contributed by atoms with Crippen molar-refractivity contribution in [1.29, 1.82) is 0 Å². The zero-order valence-electron chi connectivity index (χ0n) is 21.1. The lowest BCUT2D eigenvalue weighted by atomic mass is 9.68. The molecule has 36 heavy (non-hydrogen) atoms. The minimum Gasteiger partial charge on any atom is -0.300 e. The second-order valence-corrected chi connectivity index (χ2v) is 10.2. The summed E-state index contributed by atoms with van der Waals surface area (Å²) >= 11 is 0. The molecule has 1 fully saturated rings. The van der Waals surface area contributed by atoms with Gasteiger partial charge in [-0.1, -0.05) is 67.9 Å². The van der Waals surface area contributed by atoms with Crippen molar-refractivity contribution in [1.82, 2.24) is 4.90 Å². The van der Waals surface area contributed by atoms with Gasteiger partial charge in [-0.15, -0.1) is 0 Å². The van der Waals surface area contributed by atoms with Crippen molar-refractivity contribution in [2.24, 2.45) is 11.8 Å². The molecule has 0 aromatic heterocycles. The minimum absolute atomic E-state index is 0.0562. The van der Waals surface area contributed by atoms with E-state index in [9.17, 15) is 26.3 Å². The maximum atomic E-state index is 13.7. The van der Waals surface area contributed by atoms with E-state index < -0.39 is 30.1 Å². The highest BCUT2D eigenvalue weighted by molar-refractivity contribution is 5.28. The highest BCUT2D eigenvalue weighted by atomic mass is 19.4. The molecule has 2 aromatic carbocycles. The molecular formula is C29H37F6N. The Morgan fingerprint density at radius 2 is 1.33 bits per heavy atom. The van der Waals surface area contributed by atoms with E-state index in [1.165, 1.54) is 17.7 Å². The first kappa shape index (κ1) is 28.5. The summed E-state index contributed by atoms with van der Waals surface area (Å²) in [7, 11) is 0. The second kappa shape index (κ2) is 12.5. The van der Waals surface area contributed by atoms with E-state index in [0.717, 1.165) is 44.3 Å². The SMILES string of the molecule is CCCN(CCc1ccccc1)C(C)CCc1ccc(C2C(C(F)(F)F)CCCC2C(F)(F)F)cc1. The van der Waals surface area contributed by atoms with E-state index in [-0.39, 0.29) is 24.8 Å². The van der Waals surface area contributed by atoms with Crippen LogP contribution in [0.3, 0.4) is 0 Å². The van der Waals surface area contributed by atoms with E-state index in [2.05, 4.69) is 30.9 Å². The average Bonchev–Trinajstić information content (AvgIpc) is 2.84. The molecule has 0 amide bonds. The van der Waals surface area contributed by atoms with Crippen molar-refractivity contribution in [2.45, 2.75) is 83.1 Å². The standard InChI is InChI=1S/C29H37F6N/c1-3-19-36(20-18-22-8-5-4-6-9-22)21(2)12-13-23-14-16-24(17-15-23)27-25(28(30,31)32)10-7-11-26(27)29(33,34)35/h4-6,8-9,14-17,21,25-27H,3,7,10-13,18-20H2,1-2H3. The molecule has 3 atom stereocenters. The monoisotopic (exact) mass is 513 g/mol. The number of hydrogen-bond donors (Lipinski definition) is 0. The predicted octanol–water partition coefficient (Wildman–Crippen LogP) is 8.59. The van der Waals surface area contributed by atoms with E-state index in [0.29, 0.717) is 6.04 Å². The van der Waals surface area contributed by atoms with E-state index in [1.54, 1.807) is 12.1 Å². The van der Waals surface area contributed by atoms with Gasteiger partial charge in [-0.3, -0.25) is 0 Å². The van der Waals surface area contributed by atoms with Gasteiger partial charge in [0.15, 0.2) is 0 Å². The Hall–Kier alpha value is -2.02. The molecular weight excluding hydrogens is 476 g/mol. The Morgan fingerprint density at radius 3 is 1.86 bits per heavy atom. The second-order valence-electron chi connectivity index (χ2n) is 10.2. The molecule has 1 saturated carbocycles. The first-order valence-electron chi connectivity index (χ1n) is 13.0. The van der Waals surface area contributed by atoms with Crippen LogP contribution in [0.4, 0.5) is 26.3 Å². The third-order valence-electron chi connectivity index (χ3n) is 7.62. The average molecular weight is 514 g/mol. The van der Waals surface area contributed by atoms with Crippen LogP contribution in [0.2, 0.25) is 0 Å². The molecule has 0 N–H and O–H groups in total. The number of benzene rings is 2. The first-order chi connectivity index (χ1) is 17.0. The van der Waals surface area contributed by atoms with Gasteiger partial charge in [-0.25, -0.2) is 0 Å². The predicted molar refractivity (Wildman–Crippen MR) is 132 cm³/mol. The molecule has 3 rings (SSSR count). The highest BCUT2D eigenvalue weighted by Crippen LogP contribution is 2.53. The number of alkyl halides is 6. The summed E-state index contributed by atoms with van der Waals surface area (Å²) in [5, 5.41) is 0. The summed E-state index contributed by atoms with van der Waals surface area (Å²) in [5.41, 5.74) is 2.37. The molecule has 0 heterocycles. The molecule has 0 radical (unpaired) electrons. The van der Waals surface area contributed by atoms with E-state index in [1.807, 2.05) is 18.2 Å². The van der Waals surface area contributed by atoms with Crippen LogP contribution in [0, 0.1) is 11.8 Å². The molecule has 0 saturated heterocycles. The summed E-state index contributed by atoms with van der Waals surface area (Å²) in [6.45, 7) is 6.25. The Labute approximate surface area is 210 Å². The van der Waals surface area contributed by atoms with Crippen LogP contribution < -0.4 is 0 Å². The van der Waals surface area contributed by atoms with Crippen LogP contribution in [0.15, 0.2) is 54.6 Å². The van der Waals surface area contributed by atoms with Crippen LogP contribution in [-0.2, 0) is 12.8 Å². The number of rotatable bonds is 10. The summed E-state index contributed by atoms with van der Waals surface area (Å²) in [6.07, 6.45) is -6.27. The van der Waals surface area contributed by atoms with E-state index >= 15 is 0 Å². The van der Waals surface area contributed by atoms with Gasteiger partial charge in [-0.05, 0) is 68.7 Å². The maximum Gasteiger partial charge on any atom is 0.392 e. The third-order valence-corrected chi connectivity index (χ3v) is 7.62. The molecule has 200 valence electrons. The van der Waals surface area contributed by atoms with Crippen molar-refractivity contribution < 1.29 is 26.3 Å². The Kier molecular flexibility index (Phi) is 9.90. The smallest absolute Gasteiger partial charge is 0.300 e.